The monoisotopic (exact) mass is 515 g/mol. The molecule has 0 radical (unpaired) electrons. The van der Waals surface area contributed by atoms with Gasteiger partial charge in [0.1, 0.15) is 24.6 Å². The van der Waals surface area contributed by atoms with Crippen molar-refractivity contribution in [2.75, 3.05) is 39.8 Å². The molecule has 1 heterocycles. The van der Waals surface area contributed by atoms with Gasteiger partial charge in [-0.3, -0.25) is 9.69 Å². The molecule has 1 aliphatic heterocycles. The molecule has 1 saturated heterocycles. The maximum atomic E-state index is 14.9. The Morgan fingerprint density at radius 3 is 2.38 bits per heavy atom. The predicted octanol–water partition coefficient (Wildman–Crippen LogP) is 4.41. The van der Waals surface area contributed by atoms with Crippen LogP contribution in [0.25, 0.3) is 0 Å². The summed E-state index contributed by atoms with van der Waals surface area (Å²) in [4.78, 5) is 31.6. The van der Waals surface area contributed by atoms with Gasteiger partial charge in [-0.2, -0.15) is 0 Å². The van der Waals surface area contributed by atoms with Crippen molar-refractivity contribution in [1.82, 2.24) is 14.7 Å². The highest BCUT2D eigenvalue weighted by Gasteiger charge is 2.48. The zero-order chi connectivity index (χ0) is 26.7. The molecule has 200 valence electrons. The molecule has 4 rings (SSSR count). The van der Waals surface area contributed by atoms with Crippen LogP contribution >= 0.6 is 0 Å². The second-order valence-electron chi connectivity index (χ2n) is 10.8. The third-order valence-corrected chi connectivity index (χ3v) is 6.61. The molecule has 0 spiro atoms. The van der Waals surface area contributed by atoms with Gasteiger partial charge in [-0.05, 0) is 45.9 Å². The Labute approximate surface area is 216 Å². The fourth-order valence-corrected chi connectivity index (χ4v) is 4.54. The van der Waals surface area contributed by atoms with Crippen LogP contribution in [0.1, 0.15) is 44.2 Å². The number of benzene rings is 2. The summed E-state index contributed by atoms with van der Waals surface area (Å²) in [6.45, 7) is 7.91. The van der Waals surface area contributed by atoms with Crippen molar-refractivity contribution in [3.8, 4) is 5.75 Å². The summed E-state index contributed by atoms with van der Waals surface area (Å²) < 4.78 is 40.6. The topological polar surface area (TPSA) is 62.3 Å². The number of rotatable bonds is 7. The largest absolute Gasteiger partial charge is 0.486 e. The molecule has 2 amide bonds. The molecule has 2 aliphatic rings. The fraction of sp³-hybridized carbons (Fsp3) is 0.500. The van der Waals surface area contributed by atoms with Gasteiger partial charge in [0.2, 0.25) is 5.91 Å². The zero-order valence-corrected chi connectivity index (χ0v) is 21.9. The molecule has 0 N–H and O–H groups in total. The second kappa shape index (κ2) is 11.0. The number of nitrogens with zero attached hydrogens (tertiary/aromatic N) is 3. The lowest BCUT2D eigenvalue weighted by atomic mass is 10.1. The van der Waals surface area contributed by atoms with E-state index in [1.54, 1.807) is 25.7 Å². The third kappa shape index (κ3) is 6.97. The van der Waals surface area contributed by atoms with Crippen molar-refractivity contribution in [3.05, 3.63) is 65.2 Å². The van der Waals surface area contributed by atoms with Gasteiger partial charge in [-0.1, -0.05) is 30.3 Å². The van der Waals surface area contributed by atoms with Crippen LogP contribution < -0.4 is 4.74 Å². The van der Waals surface area contributed by atoms with E-state index in [1.165, 1.54) is 11.0 Å². The Bertz CT molecular complexity index is 1110. The molecule has 7 nitrogen and oxygen atoms in total. The van der Waals surface area contributed by atoms with Gasteiger partial charge in [0.05, 0.1) is 0 Å². The lowest BCUT2D eigenvalue weighted by Gasteiger charge is -2.34. The van der Waals surface area contributed by atoms with Crippen LogP contribution in [0.5, 0.6) is 5.75 Å². The summed E-state index contributed by atoms with van der Waals surface area (Å²) in [5.74, 6) is -2.11. The summed E-state index contributed by atoms with van der Waals surface area (Å²) in [6, 6.07) is 10.9. The fourth-order valence-electron chi connectivity index (χ4n) is 4.54. The summed E-state index contributed by atoms with van der Waals surface area (Å²) in [5, 5.41) is 0. The first-order valence-electron chi connectivity index (χ1n) is 12.6. The van der Waals surface area contributed by atoms with Gasteiger partial charge < -0.3 is 19.3 Å². The van der Waals surface area contributed by atoms with E-state index < -0.39 is 29.4 Å². The average molecular weight is 516 g/mol. The molecule has 0 bridgehead atoms. The molecular weight excluding hydrogens is 480 g/mol. The molecule has 1 saturated carbocycles. The predicted molar refractivity (Wildman–Crippen MR) is 135 cm³/mol. The number of piperazine rings is 1. The van der Waals surface area contributed by atoms with Crippen molar-refractivity contribution in [2.24, 2.45) is 0 Å². The number of carbonyl (C=O) groups is 2. The number of ether oxygens (including phenoxy) is 2. The van der Waals surface area contributed by atoms with Crippen molar-refractivity contribution in [1.29, 1.82) is 0 Å². The van der Waals surface area contributed by atoms with Crippen LogP contribution in [0, 0.1) is 11.6 Å². The molecule has 2 aromatic carbocycles. The van der Waals surface area contributed by atoms with Crippen molar-refractivity contribution in [3.63, 3.8) is 0 Å². The second-order valence-corrected chi connectivity index (χ2v) is 10.8. The van der Waals surface area contributed by atoms with E-state index in [2.05, 4.69) is 4.90 Å². The number of likely N-dealkylation sites (N-methyl/N-ethyl adjacent to an activating group) is 1. The van der Waals surface area contributed by atoms with E-state index in [0.29, 0.717) is 25.1 Å². The number of halogens is 2. The van der Waals surface area contributed by atoms with Gasteiger partial charge >= 0.3 is 6.09 Å². The van der Waals surface area contributed by atoms with Gasteiger partial charge in [0.15, 0.2) is 11.6 Å². The van der Waals surface area contributed by atoms with E-state index in [4.69, 9.17) is 9.47 Å². The Morgan fingerprint density at radius 1 is 1.05 bits per heavy atom. The van der Waals surface area contributed by atoms with Crippen LogP contribution in [0.4, 0.5) is 13.6 Å². The summed E-state index contributed by atoms with van der Waals surface area (Å²) in [5.41, 5.74) is 0.433. The van der Waals surface area contributed by atoms with Gasteiger partial charge in [0.25, 0.3) is 0 Å². The van der Waals surface area contributed by atoms with E-state index in [1.807, 2.05) is 37.4 Å². The maximum absolute atomic E-state index is 14.9. The molecule has 2 atom stereocenters. The molecule has 2 aromatic rings. The lowest BCUT2D eigenvalue weighted by Crippen LogP contribution is -2.51. The highest BCUT2D eigenvalue weighted by molar-refractivity contribution is 5.83. The number of hydrogen-bond acceptors (Lipinski definition) is 5. The highest BCUT2D eigenvalue weighted by atomic mass is 19.1. The van der Waals surface area contributed by atoms with Crippen LogP contribution in [0.2, 0.25) is 0 Å². The average Bonchev–Trinajstić information content (AvgIpc) is 3.62. The van der Waals surface area contributed by atoms with Gasteiger partial charge in [0, 0.05) is 49.8 Å². The molecule has 1 aliphatic carbocycles. The molecule has 0 unspecified atom stereocenters. The molecule has 0 aromatic heterocycles. The Hall–Kier alpha value is -3.20. The Balaban J connectivity index is 1.54. The number of hydrogen-bond donors (Lipinski definition) is 0. The van der Waals surface area contributed by atoms with Crippen molar-refractivity contribution >= 4 is 12.0 Å². The maximum Gasteiger partial charge on any atom is 0.411 e. The first-order chi connectivity index (χ1) is 17.5. The quantitative estimate of drug-likeness (QED) is 0.547. The summed E-state index contributed by atoms with van der Waals surface area (Å²) >= 11 is 0. The van der Waals surface area contributed by atoms with Crippen molar-refractivity contribution in [2.45, 2.75) is 51.4 Å². The smallest absolute Gasteiger partial charge is 0.411 e. The zero-order valence-electron chi connectivity index (χ0n) is 21.9. The minimum atomic E-state index is -0.797. The van der Waals surface area contributed by atoms with E-state index in [9.17, 15) is 18.4 Å². The summed E-state index contributed by atoms with van der Waals surface area (Å²) in [7, 11) is 2.00. The Morgan fingerprint density at radius 2 is 1.73 bits per heavy atom. The van der Waals surface area contributed by atoms with Crippen LogP contribution in [0.15, 0.2) is 42.5 Å². The minimum Gasteiger partial charge on any atom is -0.486 e. The third-order valence-electron chi connectivity index (χ3n) is 6.61. The van der Waals surface area contributed by atoms with E-state index >= 15 is 0 Å². The van der Waals surface area contributed by atoms with E-state index in [0.717, 1.165) is 24.7 Å². The molecule has 9 heteroatoms. The minimum absolute atomic E-state index is 0.0349. The van der Waals surface area contributed by atoms with Gasteiger partial charge in [-0.15, -0.1) is 0 Å². The van der Waals surface area contributed by atoms with Crippen LogP contribution in [-0.2, 0) is 16.1 Å². The standard InChI is InChI=1S/C28H35F2N3O4/c1-28(2,3)37-27(35)33(17-25(34)32-12-10-31(4)11-13-32)24-16-21(24)22-14-20(29)15-23(30)26(22)36-18-19-8-6-5-7-9-19/h5-9,14-15,21,24H,10-13,16-18H2,1-4H3/t21-,24+/m0/s1. The normalized spacial score (nSPS) is 19.9. The number of amides is 2. The Kier molecular flexibility index (Phi) is 8.02. The lowest BCUT2D eigenvalue weighted by molar-refractivity contribution is -0.134. The van der Waals surface area contributed by atoms with Crippen LogP contribution in [0.3, 0.4) is 0 Å². The van der Waals surface area contributed by atoms with Crippen molar-refractivity contribution < 1.29 is 27.8 Å². The number of carbonyl (C=O) groups excluding carboxylic acids is 2. The first kappa shape index (κ1) is 26.9. The van der Waals surface area contributed by atoms with E-state index in [-0.39, 0.29) is 30.7 Å². The van der Waals surface area contributed by atoms with Gasteiger partial charge in [-0.25, -0.2) is 13.6 Å². The highest BCUT2D eigenvalue weighted by Crippen LogP contribution is 2.49. The molecule has 2 fully saturated rings. The molecular formula is C28H35F2N3O4. The molecule has 37 heavy (non-hydrogen) atoms. The first-order valence-corrected chi connectivity index (χ1v) is 12.6. The summed E-state index contributed by atoms with van der Waals surface area (Å²) in [6.07, 6.45) is -0.175. The van der Waals surface area contributed by atoms with Crippen LogP contribution in [-0.4, -0.2) is 78.1 Å². The SMILES string of the molecule is CN1CCN(C(=O)CN(C(=O)OC(C)(C)C)[C@@H]2C[C@H]2c2cc(F)cc(F)c2OCc2ccccc2)CC1.